The molecule has 3 N–H and O–H groups in total. The van der Waals surface area contributed by atoms with E-state index in [1.54, 1.807) is 25.1 Å². The van der Waals surface area contributed by atoms with Crippen LogP contribution in [0.1, 0.15) is 51.3 Å². The summed E-state index contributed by atoms with van der Waals surface area (Å²) in [4.78, 5) is 36.0. The molecule has 0 bridgehead atoms. The fourth-order valence-electron chi connectivity index (χ4n) is 3.01. The molecule has 2 aromatic rings. The number of hydrogen-bond donors (Lipinski definition) is 2. The summed E-state index contributed by atoms with van der Waals surface area (Å²) in [6, 6.07) is 13.6. The van der Waals surface area contributed by atoms with Gasteiger partial charge in [-0.3, -0.25) is 9.59 Å². The minimum absolute atomic E-state index is 0.380. The molecule has 1 unspecified atom stereocenters. The molecule has 1 aliphatic heterocycles. The van der Waals surface area contributed by atoms with Crippen molar-refractivity contribution in [3.8, 4) is 0 Å². The van der Waals surface area contributed by atoms with Crippen LogP contribution in [-0.4, -0.2) is 23.8 Å². The summed E-state index contributed by atoms with van der Waals surface area (Å²) < 4.78 is 5.51. The van der Waals surface area contributed by atoms with Gasteiger partial charge >= 0.3 is 5.97 Å². The number of hydrogen-bond acceptors (Lipinski definition) is 4. The van der Waals surface area contributed by atoms with Gasteiger partial charge < -0.3 is 15.8 Å². The summed E-state index contributed by atoms with van der Waals surface area (Å²) in [5, 5.41) is 2.61. The molecule has 0 aromatic heterocycles. The summed E-state index contributed by atoms with van der Waals surface area (Å²) in [6.07, 6.45) is 0.511. The largest absolute Gasteiger partial charge is 0.454 e. The van der Waals surface area contributed by atoms with E-state index in [9.17, 15) is 14.4 Å². The van der Waals surface area contributed by atoms with Crippen molar-refractivity contribution in [2.45, 2.75) is 31.9 Å². The quantitative estimate of drug-likeness (QED) is 0.805. The maximum Gasteiger partial charge on any atom is 0.339 e. The lowest BCUT2D eigenvalue weighted by molar-refractivity contribution is -0.119. The molecule has 1 heterocycles. The number of cyclic esters (lactones) is 1. The molecular formula is C20H20N2O4. The second-order valence-electron chi connectivity index (χ2n) is 6.22. The van der Waals surface area contributed by atoms with E-state index in [1.807, 2.05) is 30.3 Å². The van der Waals surface area contributed by atoms with Crippen molar-refractivity contribution in [3.05, 3.63) is 70.8 Å². The first-order valence-electron chi connectivity index (χ1n) is 8.48. The van der Waals surface area contributed by atoms with Gasteiger partial charge in [0.1, 0.15) is 12.1 Å². The second kappa shape index (κ2) is 7.39. The number of esters is 1. The van der Waals surface area contributed by atoms with Crippen LogP contribution in [-0.2, 0) is 16.0 Å². The SMILES string of the molecule is CC[C@H](NC(=O)c1ccc2c(c1)CC(c1ccccc1)OC2=O)C(N)=O. The normalized spacial score (nSPS) is 17.0. The highest BCUT2D eigenvalue weighted by Gasteiger charge is 2.28. The van der Waals surface area contributed by atoms with Gasteiger partial charge in [-0.25, -0.2) is 4.79 Å². The summed E-state index contributed by atoms with van der Waals surface area (Å²) in [5.74, 6) is -1.38. The molecule has 0 saturated heterocycles. The summed E-state index contributed by atoms with van der Waals surface area (Å²) in [6.45, 7) is 1.77. The summed E-state index contributed by atoms with van der Waals surface area (Å²) in [5.41, 5.74) is 7.75. The minimum Gasteiger partial charge on any atom is -0.454 e. The van der Waals surface area contributed by atoms with Crippen molar-refractivity contribution in [1.29, 1.82) is 0 Å². The zero-order chi connectivity index (χ0) is 18.7. The highest BCUT2D eigenvalue weighted by atomic mass is 16.5. The van der Waals surface area contributed by atoms with E-state index in [0.717, 1.165) is 11.1 Å². The van der Waals surface area contributed by atoms with Gasteiger partial charge in [-0.1, -0.05) is 37.3 Å². The molecule has 2 aromatic carbocycles. The molecule has 3 rings (SSSR count). The first-order chi connectivity index (χ1) is 12.5. The van der Waals surface area contributed by atoms with Crippen LogP contribution < -0.4 is 11.1 Å². The predicted octanol–water partition coefficient (Wildman–Crippen LogP) is 2.13. The monoisotopic (exact) mass is 352 g/mol. The smallest absolute Gasteiger partial charge is 0.339 e. The van der Waals surface area contributed by atoms with Gasteiger partial charge in [0, 0.05) is 12.0 Å². The van der Waals surface area contributed by atoms with Gasteiger partial charge in [0.25, 0.3) is 5.91 Å². The lowest BCUT2D eigenvalue weighted by Gasteiger charge is -2.25. The van der Waals surface area contributed by atoms with Crippen LogP contribution in [0.4, 0.5) is 0 Å². The third-order valence-corrected chi connectivity index (χ3v) is 4.47. The number of carbonyl (C=O) groups excluding carboxylic acids is 3. The van der Waals surface area contributed by atoms with Crippen LogP contribution in [0.2, 0.25) is 0 Å². The van der Waals surface area contributed by atoms with E-state index in [-0.39, 0.29) is 6.10 Å². The third-order valence-electron chi connectivity index (χ3n) is 4.47. The summed E-state index contributed by atoms with van der Waals surface area (Å²) in [7, 11) is 0. The maximum absolute atomic E-state index is 12.4. The van der Waals surface area contributed by atoms with Gasteiger partial charge in [-0.15, -0.1) is 0 Å². The molecule has 134 valence electrons. The zero-order valence-corrected chi connectivity index (χ0v) is 14.4. The minimum atomic E-state index is -0.722. The van der Waals surface area contributed by atoms with Crippen molar-refractivity contribution in [1.82, 2.24) is 5.32 Å². The highest BCUT2D eigenvalue weighted by molar-refractivity contribution is 5.99. The number of ether oxygens (including phenoxy) is 1. The second-order valence-corrected chi connectivity index (χ2v) is 6.22. The van der Waals surface area contributed by atoms with E-state index >= 15 is 0 Å². The lowest BCUT2D eigenvalue weighted by Crippen LogP contribution is -2.44. The first-order valence-corrected chi connectivity index (χ1v) is 8.48. The molecule has 2 atom stereocenters. The summed E-state index contributed by atoms with van der Waals surface area (Å²) >= 11 is 0. The number of amides is 2. The topological polar surface area (TPSA) is 98.5 Å². The maximum atomic E-state index is 12.4. The third kappa shape index (κ3) is 3.59. The molecule has 6 heteroatoms. The van der Waals surface area contributed by atoms with E-state index in [2.05, 4.69) is 5.32 Å². The van der Waals surface area contributed by atoms with Crippen molar-refractivity contribution in [2.24, 2.45) is 5.73 Å². The predicted molar refractivity (Wildman–Crippen MR) is 95.5 cm³/mol. The van der Waals surface area contributed by atoms with Crippen LogP contribution >= 0.6 is 0 Å². The number of carbonyl (C=O) groups is 3. The Hall–Kier alpha value is -3.15. The van der Waals surface area contributed by atoms with Crippen LogP contribution in [0.25, 0.3) is 0 Å². The zero-order valence-electron chi connectivity index (χ0n) is 14.4. The van der Waals surface area contributed by atoms with Gasteiger partial charge in [-0.2, -0.15) is 0 Å². The van der Waals surface area contributed by atoms with Crippen molar-refractivity contribution in [2.75, 3.05) is 0 Å². The molecule has 0 radical (unpaired) electrons. The van der Waals surface area contributed by atoms with Crippen molar-refractivity contribution < 1.29 is 19.1 Å². The lowest BCUT2D eigenvalue weighted by atomic mass is 9.93. The Bertz CT molecular complexity index is 848. The molecule has 1 aliphatic rings. The van der Waals surface area contributed by atoms with E-state index in [0.29, 0.717) is 24.0 Å². The van der Waals surface area contributed by atoms with Crippen LogP contribution in [0.5, 0.6) is 0 Å². The van der Waals surface area contributed by atoms with Crippen molar-refractivity contribution >= 4 is 17.8 Å². The van der Waals surface area contributed by atoms with Crippen LogP contribution in [0.15, 0.2) is 48.5 Å². The number of nitrogens with one attached hydrogen (secondary N) is 1. The van der Waals surface area contributed by atoms with E-state index < -0.39 is 23.8 Å². The Morgan fingerprint density at radius 2 is 1.96 bits per heavy atom. The Morgan fingerprint density at radius 1 is 1.23 bits per heavy atom. The molecule has 0 spiro atoms. The van der Waals surface area contributed by atoms with Gasteiger partial charge in [0.05, 0.1) is 5.56 Å². The molecule has 0 fully saturated rings. The standard InChI is InChI=1S/C20H20N2O4/c1-2-16(18(21)23)22-19(24)13-8-9-15-14(10-13)11-17(26-20(15)25)12-6-4-3-5-7-12/h3-10,16-17H,2,11H2,1H3,(H2,21,23)(H,22,24)/t16-,17?/m0/s1. The van der Waals surface area contributed by atoms with Crippen molar-refractivity contribution in [3.63, 3.8) is 0 Å². The Balaban J connectivity index is 1.84. The number of nitrogens with two attached hydrogens (primary N) is 1. The molecule has 6 nitrogen and oxygen atoms in total. The number of fused-ring (bicyclic) bond motifs is 1. The number of primary amides is 1. The fraction of sp³-hybridized carbons (Fsp3) is 0.250. The molecule has 0 saturated carbocycles. The van der Waals surface area contributed by atoms with Gasteiger partial charge in [-0.05, 0) is 35.7 Å². The Morgan fingerprint density at radius 3 is 2.62 bits per heavy atom. The average molecular weight is 352 g/mol. The van der Waals surface area contributed by atoms with E-state index in [4.69, 9.17) is 10.5 Å². The average Bonchev–Trinajstić information content (AvgIpc) is 2.65. The Kier molecular flexibility index (Phi) is 5.02. The molecule has 26 heavy (non-hydrogen) atoms. The van der Waals surface area contributed by atoms with E-state index in [1.165, 1.54) is 0 Å². The first kappa shape index (κ1) is 17.7. The molecular weight excluding hydrogens is 332 g/mol. The fourth-order valence-corrected chi connectivity index (χ4v) is 3.01. The van der Waals surface area contributed by atoms with Gasteiger partial charge in [0.2, 0.25) is 5.91 Å². The molecule has 2 amide bonds. The molecule has 0 aliphatic carbocycles. The number of benzene rings is 2. The highest BCUT2D eigenvalue weighted by Crippen LogP contribution is 2.31. The number of rotatable bonds is 5. The van der Waals surface area contributed by atoms with Crippen LogP contribution in [0.3, 0.4) is 0 Å². The van der Waals surface area contributed by atoms with Gasteiger partial charge in [0.15, 0.2) is 0 Å². The van der Waals surface area contributed by atoms with Crippen LogP contribution in [0, 0.1) is 0 Å². The Labute approximate surface area is 151 Å².